The fourth-order valence-electron chi connectivity index (χ4n) is 3.35. The zero-order chi connectivity index (χ0) is 23.4. The molecule has 1 aliphatic heterocycles. The molecule has 168 valence electrons. The number of amides is 1. The molecule has 3 aromatic rings. The summed E-state index contributed by atoms with van der Waals surface area (Å²) in [5.41, 5.74) is 3.34. The quantitative estimate of drug-likeness (QED) is 0.438. The maximum Gasteiger partial charge on any atom is 0.326 e. The van der Waals surface area contributed by atoms with Gasteiger partial charge in [-0.2, -0.15) is 0 Å². The molecule has 0 radical (unpaired) electrons. The van der Waals surface area contributed by atoms with Gasteiger partial charge in [-0.15, -0.1) is 0 Å². The largest absolute Gasteiger partial charge is 0.454 e. The first-order valence-electron chi connectivity index (χ1n) is 10.5. The van der Waals surface area contributed by atoms with Crippen molar-refractivity contribution >= 4 is 17.7 Å². The van der Waals surface area contributed by atoms with Crippen molar-refractivity contribution in [2.75, 3.05) is 13.3 Å². The summed E-state index contributed by atoms with van der Waals surface area (Å²) in [5, 5.41) is 2.52. The number of carbonyl (C=O) groups excluding carboxylic acids is 3. The van der Waals surface area contributed by atoms with Crippen molar-refractivity contribution in [1.82, 2.24) is 5.32 Å². The number of aryl methyl sites for hydroxylation is 2. The number of esters is 1. The summed E-state index contributed by atoms with van der Waals surface area (Å²) >= 11 is 0. The molecule has 1 amide bonds. The van der Waals surface area contributed by atoms with Crippen molar-refractivity contribution < 1.29 is 28.6 Å². The number of ketones is 1. The molecule has 0 saturated heterocycles. The number of nitrogens with one attached hydrogen (secondary N) is 1. The Balaban J connectivity index is 1.45. The van der Waals surface area contributed by atoms with E-state index in [0.29, 0.717) is 28.2 Å². The number of hydrogen-bond acceptors (Lipinski definition) is 6. The number of hydrogen-bond donors (Lipinski definition) is 1. The minimum atomic E-state index is -1.12. The molecule has 0 saturated carbocycles. The van der Waals surface area contributed by atoms with Gasteiger partial charge in [0, 0.05) is 16.7 Å². The lowest BCUT2D eigenvalue weighted by Gasteiger charge is -2.18. The number of carbonyl (C=O) groups is 3. The second kappa shape index (κ2) is 9.56. The number of rotatable bonds is 7. The standard InChI is InChI=1S/C26H23NO6/c1-16-3-7-18(8-4-16)24(29)25(19-9-5-17(2)6-10-19)33-23(28)14-27-26(30)20-11-12-21-22(13-20)32-15-31-21/h3-13,25H,14-15H2,1-2H3,(H,27,30). The van der Waals surface area contributed by atoms with Crippen molar-refractivity contribution in [3.63, 3.8) is 0 Å². The van der Waals surface area contributed by atoms with E-state index in [1.54, 1.807) is 42.5 Å². The molecule has 7 heteroatoms. The zero-order valence-corrected chi connectivity index (χ0v) is 18.3. The van der Waals surface area contributed by atoms with Crippen LogP contribution in [0.2, 0.25) is 0 Å². The predicted octanol–water partition coefficient (Wildman–Crippen LogP) is 3.93. The molecule has 33 heavy (non-hydrogen) atoms. The number of fused-ring (bicyclic) bond motifs is 1. The average molecular weight is 445 g/mol. The van der Waals surface area contributed by atoms with Gasteiger partial charge in [0.05, 0.1) is 0 Å². The number of ether oxygens (including phenoxy) is 3. The SMILES string of the molecule is Cc1ccc(C(=O)C(OC(=O)CNC(=O)c2ccc3c(c2)OCO3)c2ccc(C)cc2)cc1. The van der Waals surface area contributed by atoms with Crippen molar-refractivity contribution in [2.45, 2.75) is 20.0 Å². The highest BCUT2D eigenvalue weighted by Gasteiger charge is 2.26. The maximum absolute atomic E-state index is 13.2. The summed E-state index contributed by atoms with van der Waals surface area (Å²) in [6.07, 6.45) is -1.12. The van der Waals surface area contributed by atoms with Gasteiger partial charge in [0.1, 0.15) is 6.54 Å². The second-order valence-corrected chi connectivity index (χ2v) is 7.76. The van der Waals surface area contributed by atoms with Crippen LogP contribution in [0.4, 0.5) is 0 Å². The monoisotopic (exact) mass is 445 g/mol. The highest BCUT2D eigenvalue weighted by Crippen LogP contribution is 2.32. The van der Waals surface area contributed by atoms with Crippen LogP contribution >= 0.6 is 0 Å². The summed E-state index contributed by atoms with van der Waals surface area (Å²) in [6, 6.07) is 19.0. The Bertz CT molecular complexity index is 1180. The van der Waals surface area contributed by atoms with Gasteiger partial charge in [-0.1, -0.05) is 59.7 Å². The van der Waals surface area contributed by atoms with Crippen LogP contribution in [0.3, 0.4) is 0 Å². The molecule has 1 unspecified atom stereocenters. The second-order valence-electron chi connectivity index (χ2n) is 7.76. The Morgan fingerprint density at radius 3 is 2.15 bits per heavy atom. The lowest BCUT2D eigenvalue weighted by Crippen LogP contribution is -2.32. The summed E-state index contributed by atoms with van der Waals surface area (Å²) < 4.78 is 16.0. The van der Waals surface area contributed by atoms with Gasteiger partial charge >= 0.3 is 5.97 Å². The number of Topliss-reactive ketones (excluding diaryl/α,β-unsaturated/α-hetero) is 1. The first-order chi connectivity index (χ1) is 15.9. The first-order valence-corrected chi connectivity index (χ1v) is 10.5. The molecule has 1 heterocycles. The Hall–Kier alpha value is -4.13. The molecular weight excluding hydrogens is 422 g/mol. The topological polar surface area (TPSA) is 90.9 Å². The normalized spacial score (nSPS) is 12.7. The van der Waals surface area contributed by atoms with Crippen LogP contribution in [0.1, 0.15) is 43.5 Å². The van der Waals surface area contributed by atoms with Gasteiger partial charge in [0.15, 0.2) is 17.6 Å². The van der Waals surface area contributed by atoms with E-state index in [2.05, 4.69) is 5.32 Å². The first kappa shape index (κ1) is 22.1. The summed E-state index contributed by atoms with van der Waals surface area (Å²) in [5.74, 6) is -0.513. The molecule has 0 spiro atoms. The fraction of sp³-hybridized carbons (Fsp3) is 0.192. The smallest absolute Gasteiger partial charge is 0.326 e. The van der Waals surface area contributed by atoms with Gasteiger partial charge in [-0.25, -0.2) is 0 Å². The van der Waals surface area contributed by atoms with Crippen LogP contribution < -0.4 is 14.8 Å². The molecule has 1 N–H and O–H groups in total. The fourth-order valence-corrected chi connectivity index (χ4v) is 3.35. The molecule has 4 rings (SSSR count). The van der Waals surface area contributed by atoms with Gasteiger partial charge < -0.3 is 19.5 Å². The molecule has 0 aliphatic carbocycles. The van der Waals surface area contributed by atoms with Crippen LogP contribution in [0, 0.1) is 13.8 Å². The molecule has 1 aliphatic rings. The Labute approximate surface area is 191 Å². The van der Waals surface area contributed by atoms with E-state index in [0.717, 1.165) is 11.1 Å². The minimum absolute atomic E-state index is 0.0993. The third-order valence-corrected chi connectivity index (χ3v) is 5.23. The minimum Gasteiger partial charge on any atom is -0.454 e. The molecule has 7 nitrogen and oxygen atoms in total. The lowest BCUT2D eigenvalue weighted by atomic mass is 9.98. The Morgan fingerprint density at radius 1 is 0.848 bits per heavy atom. The van der Waals surface area contributed by atoms with E-state index in [-0.39, 0.29) is 12.6 Å². The predicted molar refractivity (Wildman–Crippen MR) is 120 cm³/mol. The van der Waals surface area contributed by atoms with E-state index >= 15 is 0 Å². The van der Waals surface area contributed by atoms with Crippen LogP contribution in [0.25, 0.3) is 0 Å². The number of benzene rings is 3. The van der Waals surface area contributed by atoms with Crippen molar-refractivity contribution in [2.24, 2.45) is 0 Å². The van der Waals surface area contributed by atoms with Crippen molar-refractivity contribution in [3.8, 4) is 11.5 Å². The molecule has 0 fully saturated rings. The Kier molecular flexibility index (Phi) is 6.40. The van der Waals surface area contributed by atoms with Crippen molar-refractivity contribution in [1.29, 1.82) is 0 Å². The highest BCUT2D eigenvalue weighted by molar-refractivity contribution is 6.01. The van der Waals surface area contributed by atoms with Crippen LogP contribution in [0.5, 0.6) is 11.5 Å². The van der Waals surface area contributed by atoms with Gasteiger partial charge in [-0.05, 0) is 32.0 Å². The molecule has 0 aromatic heterocycles. The summed E-state index contributed by atoms with van der Waals surface area (Å²) in [7, 11) is 0. The van der Waals surface area contributed by atoms with Crippen LogP contribution in [-0.2, 0) is 9.53 Å². The van der Waals surface area contributed by atoms with Crippen LogP contribution in [0.15, 0.2) is 66.7 Å². The third-order valence-electron chi connectivity index (χ3n) is 5.23. The zero-order valence-electron chi connectivity index (χ0n) is 18.3. The summed E-state index contributed by atoms with van der Waals surface area (Å²) in [6.45, 7) is 3.56. The highest BCUT2D eigenvalue weighted by atomic mass is 16.7. The van der Waals surface area contributed by atoms with Gasteiger partial charge in [-0.3, -0.25) is 14.4 Å². The lowest BCUT2D eigenvalue weighted by molar-refractivity contribution is -0.146. The van der Waals surface area contributed by atoms with Crippen LogP contribution in [-0.4, -0.2) is 31.0 Å². The Morgan fingerprint density at radius 2 is 1.45 bits per heavy atom. The molecular formula is C26H23NO6. The molecule has 1 atom stereocenters. The van der Waals surface area contributed by atoms with Crippen molar-refractivity contribution in [3.05, 3.63) is 94.5 Å². The summed E-state index contributed by atoms with van der Waals surface area (Å²) in [4.78, 5) is 38.2. The van der Waals surface area contributed by atoms with E-state index in [1.807, 2.05) is 38.1 Å². The van der Waals surface area contributed by atoms with Gasteiger partial charge in [0.25, 0.3) is 5.91 Å². The molecule has 0 bridgehead atoms. The van der Waals surface area contributed by atoms with E-state index in [1.165, 1.54) is 0 Å². The molecule has 3 aromatic carbocycles. The third kappa shape index (κ3) is 5.20. The van der Waals surface area contributed by atoms with E-state index < -0.39 is 24.5 Å². The van der Waals surface area contributed by atoms with E-state index in [9.17, 15) is 14.4 Å². The van der Waals surface area contributed by atoms with Gasteiger partial charge in [0.2, 0.25) is 12.6 Å². The average Bonchev–Trinajstić information content (AvgIpc) is 3.30. The maximum atomic E-state index is 13.2. The van der Waals surface area contributed by atoms with E-state index in [4.69, 9.17) is 14.2 Å².